The molecule has 0 N–H and O–H groups in total. The van der Waals surface area contributed by atoms with Gasteiger partial charge in [0.15, 0.2) is 0 Å². The third-order valence-corrected chi connectivity index (χ3v) is 2.49. The molecule has 2 nitrogen and oxygen atoms in total. The van der Waals surface area contributed by atoms with Gasteiger partial charge in [0.2, 0.25) is 0 Å². The van der Waals surface area contributed by atoms with Crippen LogP contribution in [0.3, 0.4) is 0 Å². The molecule has 2 rings (SSSR count). The van der Waals surface area contributed by atoms with E-state index in [0.717, 1.165) is 0 Å². The summed E-state index contributed by atoms with van der Waals surface area (Å²) in [5, 5.41) is 0. The Kier molecular flexibility index (Phi) is 2.03. The summed E-state index contributed by atoms with van der Waals surface area (Å²) >= 11 is 3.07. The highest BCUT2D eigenvalue weighted by Crippen LogP contribution is 2.27. The van der Waals surface area contributed by atoms with Crippen molar-refractivity contribution in [2.45, 2.75) is 6.43 Å². The highest BCUT2D eigenvalue weighted by Gasteiger charge is 2.17. The second-order valence-electron chi connectivity index (χ2n) is 2.52. The number of rotatable bonds is 1. The predicted octanol–water partition coefficient (Wildman–Crippen LogP) is 3.03. The van der Waals surface area contributed by atoms with Gasteiger partial charge in [0, 0.05) is 6.20 Å². The standard InChI is InChI=1S/C8H5BrF2N2/c9-7-6(8(10)11)12-5-3-1-2-4-13(5)7/h1-4,8H. The molecule has 5 heteroatoms. The average Bonchev–Trinajstić information content (AvgIpc) is 2.45. The van der Waals surface area contributed by atoms with Gasteiger partial charge in [0.25, 0.3) is 6.43 Å². The van der Waals surface area contributed by atoms with Crippen molar-refractivity contribution in [3.63, 3.8) is 0 Å². The van der Waals surface area contributed by atoms with Crippen LogP contribution in [-0.4, -0.2) is 9.38 Å². The molecule has 0 spiro atoms. The van der Waals surface area contributed by atoms with Crippen LogP contribution in [0.15, 0.2) is 29.0 Å². The van der Waals surface area contributed by atoms with E-state index in [2.05, 4.69) is 20.9 Å². The van der Waals surface area contributed by atoms with Gasteiger partial charge in [-0.1, -0.05) is 6.07 Å². The first-order chi connectivity index (χ1) is 6.20. The Morgan fingerprint density at radius 1 is 1.38 bits per heavy atom. The van der Waals surface area contributed by atoms with Crippen molar-refractivity contribution >= 4 is 21.6 Å². The smallest absolute Gasteiger partial charge is 0.283 e. The van der Waals surface area contributed by atoms with Crippen LogP contribution in [0.4, 0.5) is 8.78 Å². The van der Waals surface area contributed by atoms with E-state index in [9.17, 15) is 8.78 Å². The molecule has 2 aromatic rings. The summed E-state index contributed by atoms with van der Waals surface area (Å²) in [6.07, 6.45) is -0.868. The molecule has 0 radical (unpaired) electrons. The van der Waals surface area contributed by atoms with Gasteiger partial charge in [-0.05, 0) is 28.1 Å². The van der Waals surface area contributed by atoms with Crippen LogP contribution in [0.1, 0.15) is 12.1 Å². The third-order valence-electron chi connectivity index (χ3n) is 1.70. The molecular weight excluding hydrogens is 242 g/mol. The number of hydrogen-bond acceptors (Lipinski definition) is 1. The third kappa shape index (κ3) is 1.33. The Balaban J connectivity index is 2.74. The Morgan fingerprint density at radius 2 is 2.15 bits per heavy atom. The summed E-state index contributed by atoms with van der Waals surface area (Å²) in [5.41, 5.74) is 0.302. The first kappa shape index (κ1) is 8.62. The molecule has 0 unspecified atom stereocenters. The largest absolute Gasteiger partial charge is 0.294 e. The minimum atomic E-state index is -2.55. The fraction of sp³-hybridized carbons (Fsp3) is 0.125. The van der Waals surface area contributed by atoms with Gasteiger partial charge in [-0.15, -0.1) is 0 Å². The van der Waals surface area contributed by atoms with Crippen LogP contribution < -0.4 is 0 Å². The summed E-state index contributed by atoms with van der Waals surface area (Å²) in [5.74, 6) is 0. The molecule has 0 aliphatic carbocycles. The van der Waals surface area contributed by atoms with Gasteiger partial charge in [-0.25, -0.2) is 13.8 Å². The zero-order valence-corrected chi connectivity index (χ0v) is 8.00. The minimum Gasteiger partial charge on any atom is -0.294 e. The number of nitrogens with zero attached hydrogens (tertiary/aromatic N) is 2. The molecule has 0 amide bonds. The highest BCUT2D eigenvalue weighted by molar-refractivity contribution is 9.10. The molecule has 0 saturated heterocycles. The van der Waals surface area contributed by atoms with E-state index >= 15 is 0 Å². The van der Waals surface area contributed by atoms with Crippen LogP contribution in [0.5, 0.6) is 0 Å². The van der Waals surface area contributed by atoms with Crippen molar-refractivity contribution < 1.29 is 8.78 Å². The highest BCUT2D eigenvalue weighted by atomic mass is 79.9. The van der Waals surface area contributed by atoms with Crippen molar-refractivity contribution in [1.29, 1.82) is 0 Å². The lowest BCUT2D eigenvalue weighted by Crippen LogP contribution is -1.85. The number of imidazole rings is 1. The summed E-state index contributed by atoms with van der Waals surface area (Å²) in [4.78, 5) is 3.78. The van der Waals surface area contributed by atoms with E-state index in [4.69, 9.17) is 0 Å². The van der Waals surface area contributed by atoms with Crippen molar-refractivity contribution in [2.75, 3.05) is 0 Å². The topological polar surface area (TPSA) is 17.3 Å². The zero-order chi connectivity index (χ0) is 9.42. The van der Waals surface area contributed by atoms with Crippen molar-refractivity contribution in [2.24, 2.45) is 0 Å². The van der Waals surface area contributed by atoms with Crippen molar-refractivity contribution in [1.82, 2.24) is 9.38 Å². The van der Waals surface area contributed by atoms with E-state index in [0.29, 0.717) is 10.3 Å². The minimum absolute atomic E-state index is 0.216. The molecule has 0 atom stereocenters. The number of halogens is 3. The molecule has 0 aromatic carbocycles. The van der Waals surface area contributed by atoms with E-state index in [1.165, 1.54) is 0 Å². The van der Waals surface area contributed by atoms with Gasteiger partial charge in [-0.2, -0.15) is 0 Å². The van der Waals surface area contributed by atoms with Gasteiger partial charge in [0.05, 0.1) is 0 Å². The first-order valence-corrected chi connectivity index (χ1v) is 4.40. The lowest BCUT2D eigenvalue weighted by atomic mass is 10.5. The van der Waals surface area contributed by atoms with Gasteiger partial charge < -0.3 is 0 Å². The summed E-state index contributed by atoms with van der Waals surface area (Å²) in [6, 6.07) is 5.19. The monoisotopic (exact) mass is 246 g/mol. The van der Waals surface area contributed by atoms with Crippen LogP contribution in [0.2, 0.25) is 0 Å². The molecule has 2 aromatic heterocycles. The lowest BCUT2D eigenvalue weighted by Gasteiger charge is -1.93. The number of hydrogen-bond donors (Lipinski definition) is 0. The van der Waals surface area contributed by atoms with Crippen LogP contribution >= 0.6 is 15.9 Å². The second kappa shape index (κ2) is 3.06. The van der Waals surface area contributed by atoms with Crippen LogP contribution in [0, 0.1) is 0 Å². The van der Waals surface area contributed by atoms with Crippen molar-refractivity contribution in [3.05, 3.63) is 34.7 Å². The molecule has 0 aliphatic heterocycles. The predicted molar refractivity (Wildman–Crippen MR) is 47.8 cm³/mol. The fourth-order valence-corrected chi connectivity index (χ4v) is 1.68. The van der Waals surface area contributed by atoms with Gasteiger partial charge in [0.1, 0.15) is 15.9 Å². The molecule has 0 saturated carbocycles. The molecule has 13 heavy (non-hydrogen) atoms. The Hall–Kier alpha value is -0.970. The molecular formula is C8H5BrF2N2. The Labute approximate surface area is 81.3 Å². The summed E-state index contributed by atoms with van der Waals surface area (Å²) in [7, 11) is 0. The molecule has 0 bridgehead atoms. The van der Waals surface area contributed by atoms with Crippen molar-refractivity contribution in [3.8, 4) is 0 Å². The number of fused-ring (bicyclic) bond motifs is 1. The lowest BCUT2D eigenvalue weighted by molar-refractivity contribution is 0.146. The normalized spacial score (nSPS) is 11.4. The summed E-state index contributed by atoms with van der Waals surface area (Å²) < 4.78 is 26.6. The Morgan fingerprint density at radius 3 is 2.77 bits per heavy atom. The number of pyridine rings is 1. The summed E-state index contributed by atoms with van der Waals surface area (Å²) in [6.45, 7) is 0. The van der Waals surface area contributed by atoms with E-state index in [-0.39, 0.29) is 5.69 Å². The first-order valence-electron chi connectivity index (χ1n) is 3.61. The van der Waals surface area contributed by atoms with Gasteiger partial charge >= 0.3 is 0 Å². The zero-order valence-electron chi connectivity index (χ0n) is 6.42. The Bertz CT molecular complexity index is 439. The molecule has 0 fully saturated rings. The second-order valence-corrected chi connectivity index (χ2v) is 3.27. The number of aromatic nitrogens is 2. The maximum atomic E-state index is 12.4. The SMILES string of the molecule is FC(F)c1nc2ccccn2c1Br. The number of alkyl halides is 2. The van der Waals surface area contributed by atoms with E-state index < -0.39 is 6.43 Å². The molecule has 2 heterocycles. The maximum absolute atomic E-state index is 12.4. The average molecular weight is 247 g/mol. The fourth-order valence-electron chi connectivity index (χ4n) is 1.12. The molecule has 0 aliphatic rings. The van der Waals surface area contributed by atoms with E-state index in [1.54, 1.807) is 28.8 Å². The van der Waals surface area contributed by atoms with E-state index in [1.807, 2.05) is 0 Å². The van der Waals surface area contributed by atoms with Gasteiger partial charge in [-0.3, -0.25) is 4.40 Å². The quantitative estimate of drug-likeness (QED) is 0.757. The maximum Gasteiger partial charge on any atom is 0.283 e. The molecule has 68 valence electrons. The van der Waals surface area contributed by atoms with Crippen LogP contribution in [0.25, 0.3) is 5.65 Å². The van der Waals surface area contributed by atoms with Crippen LogP contribution in [-0.2, 0) is 0 Å².